The summed E-state index contributed by atoms with van der Waals surface area (Å²) in [5.74, 6) is 0.285. The van der Waals surface area contributed by atoms with Gasteiger partial charge in [-0.25, -0.2) is 0 Å². The number of nitrogens with zero attached hydrogens (tertiary/aromatic N) is 2. The Labute approximate surface area is 171 Å². The van der Waals surface area contributed by atoms with Crippen molar-refractivity contribution >= 4 is 23.2 Å². The molecule has 0 radical (unpaired) electrons. The molecule has 2 aromatic carbocycles. The Balaban J connectivity index is 1.48. The number of methoxy groups -OCH3 is 1. The summed E-state index contributed by atoms with van der Waals surface area (Å²) in [7, 11) is 1.54. The van der Waals surface area contributed by atoms with Gasteiger partial charge >= 0.3 is 0 Å². The second-order valence-corrected chi connectivity index (χ2v) is 7.18. The van der Waals surface area contributed by atoms with Crippen LogP contribution in [0.2, 0.25) is 0 Å². The van der Waals surface area contributed by atoms with Gasteiger partial charge in [-0.1, -0.05) is 30.3 Å². The van der Waals surface area contributed by atoms with Gasteiger partial charge in [0, 0.05) is 45.3 Å². The van der Waals surface area contributed by atoms with Gasteiger partial charge in [0.2, 0.25) is 11.8 Å². The predicted octanol–water partition coefficient (Wildman–Crippen LogP) is 2.41. The quantitative estimate of drug-likeness (QED) is 0.752. The molecule has 3 rings (SSSR count). The highest BCUT2D eigenvalue weighted by Crippen LogP contribution is 2.27. The standard InChI is InChI=1S/C22H28N4O3/c1-17(27)23-20-14-19(8-9-21(20)29-2)24-22(28)16-26-12-10-25(11-13-26)15-18-6-4-3-5-7-18/h3-9,14H,10-13,15-16H2,1-2H3,(H,23,27)(H,24,28). The van der Waals surface area contributed by atoms with E-state index in [4.69, 9.17) is 4.74 Å². The van der Waals surface area contributed by atoms with Gasteiger partial charge in [-0.05, 0) is 23.8 Å². The van der Waals surface area contributed by atoms with E-state index in [0.717, 1.165) is 32.7 Å². The smallest absolute Gasteiger partial charge is 0.238 e. The van der Waals surface area contributed by atoms with Crippen LogP contribution in [0, 0.1) is 0 Å². The van der Waals surface area contributed by atoms with Crippen molar-refractivity contribution in [3.05, 3.63) is 54.1 Å². The van der Waals surface area contributed by atoms with Crippen LogP contribution >= 0.6 is 0 Å². The third-order valence-corrected chi connectivity index (χ3v) is 4.88. The maximum Gasteiger partial charge on any atom is 0.238 e. The van der Waals surface area contributed by atoms with Crippen LogP contribution < -0.4 is 15.4 Å². The zero-order valence-corrected chi connectivity index (χ0v) is 17.0. The number of piperazine rings is 1. The molecule has 1 heterocycles. The van der Waals surface area contributed by atoms with Crippen LogP contribution in [0.5, 0.6) is 5.75 Å². The Hall–Kier alpha value is -2.90. The van der Waals surface area contributed by atoms with Crippen molar-refractivity contribution in [1.82, 2.24) is 9.80 Å². The molecule has 2 amide bonds. The number of anilines is 2. The maximum atomic E-state index is 12.5. The van der Waals surface area contributed by atoms with Gasteiger partial charge in [0.25, 0.3) is 0 Å². The average Bonchev–Trinajstić information content (AvgIpc) is 2.70. The van der Waals surface area contributed by atoms with E-state index in [2.05, 4.69) is 44.7 Å². The van der Waals surface area contributed by atoms with Gasteiger partial charge in [-0.3, -0.25) is 19.4 Å². The van der Waals surface area contributed by atoms with Gasteiger partial charge in [-0.2, -0.15) is 0 Å². The summed E-state index contributed by atoms with van der Waals surface area (Å²) in [5, 5.41) is 5.62. The van der Waals surface area contributed by atoms with Crippen LogP contribution in [0.3, 0.4) is 0 Å². The van der Waals surface area contributed by atoms with Crippen molar-refractivity contribution < 1.29 is 14.3 Å². The number of amides is 2. The second kappa shape index (κ2) is 10.0. The Kier molecular flexibility index (Phi) is 7.21. The van der Waals surface area contributed by atoms with Gasteiger partial charge in [0.15, 0.2) is 0 Å². The van der Waals surface area contributed by atoms with Crippen LogP contribution in [0.1, 0.15) is 12.5 Å². The molecule has 1 fully saturated rings. The van der Waals surface area contributed by atoms with Crippen molar-refractivity contribution in [1.29, 1.82) is 0 Å². The molecule has 2 N–H and O–H groups in total. The van der Waals surface area contributed by atoms with Crippen LogP contribution in [0.15, 0.2) is 48.5 Å². The Morgan fingerprint density at radius 3 is 2.31 bits per heavy atom. The molecule has 1 saturated heterocycles. The lowest BCUT2D eigenvalue weighted by atomic mass is 10.2. The summed E-state index contributed by atoms with van der Waals surface area (Å²) in [6, 6.07) is 15.6. The first-order valence-corrected chi connectivity index (χ1v) is 9.77. The van der Waals surface area contributed by atoms with E-state index >= 15 is 0 Å². The third-order valence-electron chi connectivity index (χ3n) is 4.88. The molecule has 0 atom stereocenters. The Bertz CT molecular complexity index is 833. The summed E-state index contributed by atoms with van der Waals surface area (Å²) in [4.78, 5) is 28.4. The molecule has 154 valence electrons. The molecule has 7 nitrogen and oxygen atoms in total. The normalized spacial score (nSPS) is 15.0. The highest BCUT2D eigenvalue weighted by molar-refractivity contribution is 5.95. The van der Waals surface area contributed by atoms with Crippen molar-refractivity contribution in [2.75, 3.05) is 50.5 Å². The van der Waals surface area contributed by atoms with Crippen molar-refractivity contribution in [2.45, 2.75) is 13.5 Å². The summed E-state index contributed by atoms with van der Waals surface area (Å²) in [6.45, 7) is 6.33. The van der Waals surface area contributed by atoms with Gasteiger partial charge in [-0.15, -0.1) is 0 Å². The Morgan fingerprint density at radius 2 is 1.66 bits per heavy atom. The van der Waals surface area contributed by atoms with E-state index in [1.165, 1.54) is 19.6 Å². The van der Waals surface area contributed by atoms with E-state index in [1.54, 1.807) is 18.2 Å². The van der Waals surface area contributed by atoms with E-state index in [-0.39, 0.29) is 11.8 Å². The molecule has 0 saturated carbocycles. The summed E-state index contributed by atoms with van der Waals surface area (Å²) in [5.41, 5.74) is 2.47. The number of rotatable bonds is 7. The zero-order valence-electron chi connectivity index (χ0n) is 17.0. The lowest BCUT2D eigenvalue weighted by Gasteiger charge is -2.34. The van der Waals surface area contributed by atoms with Crippen LogP contribution in [-0.2, 0) is 16.1 Å². The number of hydrogen-bond donors (Lipinski definition) is 2. The average molecular weight is 396 g/mol. The van der Waals surface area contributed by atoms with Gasteiger partial charge in [0.05, 0.1) is 19.3 Å². The third kappa shape index (κ3) is 6.30. The van der Waals surface area contributed by atoms with Crippen LogP contribution in [0.25, 0.3) is 0 Å². The number of carbonyl (C=O) groups is 2. The highest BCUT2D eigenvalue weighted by atomic mass is 16.5. The van der Waals surface area contributed by atoms with Crippen LogP contribution in [0.4, 0.5) is 11.4 Å². The molecule has 0 spiro atoms. The number of carbonyl (C=O) groups excluding carboxylic acids is 2. The highest BCUT2D eigenvalue weighted by Gasteiger charge is 2.19. The largest absolute Gasteiger partial charge is 0.495 e. The molecule has 7 heteroatoms. The molecule has 2 aromatic rings. The summed E-state index contributed by atoms with van der Waals surface area (Å²) < 4.78 is 5.24. The van der Waals surface area contributed by atoms with Crippen molar-refractivity contribution in [2.24, 2.45) is 0 Å². The molecule has 1 aliphatic heterocycles. The van der Waals surface area contributed by atoms with E-state index in [1.807, 2.05) is 6.07 Å². The molecule has 1 aliphatic rings. The molecule has 29 heavy (non-hydrogen) atoms. The lowest BCUT2D eigenvalue weighted by molar-refractivity contribution is -0.117. The second-order valence-electron chi connectivity index (χ2n) is 7.18. The van der Waals surface area contributed by atoms with Crippen LogP contribution in [-0.4, -0.2) is 61.4 Å². The summed E-state index contributed by atoms with van der Waals surface area (Å²) in [6.07, 6.45) is 0. The topological polar surface area (TPSA) is 73.9 Å². The number of ether oxygens (including phenoxy) is 1. The minimum atomic E-state index is -0.194. The van der Waals surface area contributed by atoms with Crippen molar-refractivity contribution in [3.63, 3.8) is 0 Å². The first kappa shape index (κ1) is 20.8. The van der Waals surface area contributed by atoms with E-state index in [0.29, 0.717) is 23.7 Å². The Morgan fingerprint density at radius 1 is 0.966 bits per heavy atom. The fourth-order valence-electron chi connectivity index (χ4n) is 3.42. The first-order chi connectivity index (χ1) is 14.0. The minimum absolute atomic E-state index is 0.0690. The molecule has 0 bridgehead atoms. The van der Waals surface area contributed by atoms with Gasteiger partial charge < -0.3 is 15.4 Å². The van der Waals surface area contributed by atoms with Gasteiger partial charge in [0.1, 0.15) is 5.75 Å². The number of hydrogen-bond acceptors (Lipinski definition) is 5. The molecular formula is C22H28N4O3. The molecular weight excluding hydrogens is 368 g/mol. The lowest BCUT2D eigenvalue weighted by Crippen LogP contribution is -2.48. The fraction of sp³-hybridized carbons (Fsp3) is 0.364. The number of nitrogens with one attached hydrogen (secondary N) is 2. The molecule has 0 unspecified atom stereocenters. The maximum absolute atomic E-state index is 12.5. The van der Waals surface area contributed by atoms with Crippen molar-refractivity contribution in [3.8, 4) is 5.75 Å². The summed E-state index contributed by atoms with van der Waals surface area (Å²) >= 11 is 0. The van der Waals surface area contributed by atoms with E-state index < -0.39 is 0 Å². The number of benzene rings is 2. The van der Waals surface area contributed by atoms with E-state index in [9.17, 15) is 9.59 Å². The fourth-order valence-corrected chi connectivity index (χ4v) is 3.42. The minimum Gasteiger partial charge on any atom is -0.495 e. The first-order valence-electron chi connectivity index (χ1n) is 9.77. The molecule has 0 aliphatic carbocycles. The predicted molar refractivity (Wildman–Crippen MR) is 114 cm³/mol. The SMILES string of the molecule is COc1ccc(NC(=O)CN2CCN(Cc3ccccc3)CC2)cc1NC(C)=O. The monoisotopic (exact) mass is 396 g/mol. The molecule has 0 aromatic heterocycles. The zero-order chi connectivity index (χ0) is 20.6.